The number of rotatable bonds is 2. The van der Waals surface area contributed by atoms with Crippen LogP contribution in [0.3, 0.4) is 0 Å². The summed E-state index contributed by atoms with van der Waals surface area (Å²) in [5, 5.41) is 16.4. The molecule has 4 nitrogen and oxygen atoms in total. The Balaban J connectivity index is 2.45. The number of hydrogen-bond donors (Lipinski definition) is 1. The Hall–Kier alpha value is -1.46. The van der Waals surface area contributed by atoms with Crippen LogP contribution in [0.15, 0.2) is 18.2 Å². The molecule has 0 amide bonds. The molecule has 0 fully saturated rings. The van der Waals surface area contributed by atoms with Gasteiger partial charge in [-0.15, -0.1) is 21.5 Å². The second-order valence-electron chi connectivity index (χ2n) is 3.17. The maximum atomic E-state index is 10.8. The fraction of sp³-hybridized carbons (Fsp3) is 0.100. The lowest BCUT2D eigenvalue weighted by molar-refractivity contribution is 0.0688. The largest absolute Gasteiger partial charge is 0.476 e. The summed E-state index contributed by atoms with van der Waals surface area (Å²) < 4.78 is 0.664. The van der Waals surface area contributed by atoms with Crippen LogP contribution in [0.4, 0.5) is 0 Å². The molecular weight excluding hydrogens is 248 g/mol. The first-order valence-corrected chi connectivity index (χ1v) is 5.60. The molecule has 0 aliphatic heterocycles. The van der Waals surface area contributed by atoms with E-state index in [1.807, 2.05) is 6.07 Å². The highest BCUT2D eigenvalue weighted by atomic mass is 35.5. The Morgan fingerprint density at radius 2 is 2.19 bits per heavy atom. The van der Waals surface area contributed by atoms with E-state index in [4.69, 9.17) is 16.7 Å². The fourth-order valence-electron chi connectivity index (χ4n) is 1.27. The zero-order chi connectivity index (χ0) is 11.7. The van der Waals surface area contributed by atoms with Gasteiger partial charge in [-0.05, 0) is 30.7 Å². The summed E-state index contributed by atoms with van der Waals surface area (Å²) in [5.41, 5.74) is 1.20. The third-order valence-electron chi connectivity index (χ3n) is 2.01. The Kier molecular flexibility index (Phi) is 2.89. The molecule has 0 spiro atoms. The average Bonchev–Trinajstić information content (AvgIpc) is 2.64. The van der Waals surface area contributed by atoms with Crippen LogP contribution in [-0.2, 0) is 0 Å². The summed E-state index contributed by atoms with van der Waals surface area (Å²) in [6.45, 7) is 1.69. The predicted octanol–water partition coefficient (Wildman–Crippen LogP) is 2.87. The van der Waals surface area contributed by atoms with E-state index in [2.05, 4.69) is 10.2 Å². The minimum absolute atomic E-state index is 0.0218. The van der Waals surface area contributed by atoms with Gasteiger partial charge in [-0.2, -0.15) is 0 Å². The van der Waals surface area contributed by atoms with Crippen molar-refractivity contribution in [3.63, 3.8) is 0 Å². The van der Waals surface area contributed by atoms with Crippen molar-refractivity contribution in [3.05, 3.63) is 33.8 Å². The molecule has 0 unspecified atom stereocenters. The molecule has 2 aromatic heterocycles. The average molecular weight is 255 g/mol. The van der Waals surface area contributed by atoms with E-state index in [1.54, 1.807) is 19.1 Å². The van der Waals surface area contributed by atoms with Crippen molar-refractivity contribution in [3.8, 4) is 10.6 Å². The molecule has 82 valence electrons. The van der Waals surface area contributed by atoms with Gasteiger partial charge in [0.2, 0.25) is 0 Å². The van der Waals surface area contributed by atoms with Crippen molar-refractivity contribution >= 4 is 28.9 Å². The van der Waals surface area contributed by atoms with E-state index >= 15 is 0 Å². The van der Waals surface area contributed by atoms with Gasteiger partial charge in [-0.25, -0.2) is 4.79 Å². The summed E-state index contributed by atoms with van der Waals surface area (Å²) in [6.07, 6.45) is 0. The number of thiophene rings is 1. The Bertz CT molecular complexity index is 554. The van der Waals surface area contributed by atoms with Crippen molar-refractivity contribution < 1.29 is 9.90 Å². The van der Waals surface area contributed by atoms with Crippen molar-refractivity contribution in [1.82, 2.24) is 10.2 Å². The van der Waals surface area contributed by atoms with Gasteiger partial charge < -0.3 is 5.11 Å². The molecule has 0 atom stereocenters. The first-order chi connectivity index (χ1) is 7.58. The number of carboxylic acids is 1. The Morgan fingerprint density at radius 1 is 1.44 bits per heavy atom. The van der Waals surface area contributed by atoms with Crippen LogP contribution in [0, 0.1) is 6.92 Å². The van der Waals surface area contributed by atoms with Gasteiger partial charge >= 0.3 is 5.97 Å². The van der Waals surface area contributed by atoms with Gasteiger partial charge in [0.05, 0.1) is 9.21 Å². The number of hydrogen-bond acceptors (Lipinski definition) is 4. The second kappa shape index (κ2) is 4.19. The Morgan fingerprint density at radius 3 is 2.69 bits per heavy atom. The minimum atomic E-state index is -1.07. The lowest BCUT2D eigenvalue weighted by atomic mass is 10.2. The van der Waals surface area contributed by atoms with Crippen LogP contribution in [0.1, 0.15) is 16.1 Å². The summed E-state index contributed by atoms with van der Waals surface area (Å²) in [4.78, 5) is 11.6. The first kappa shape index (κ1) is 11.0. The van der Waals surface area contributed by atoms with Crippen molar-refractivity contribution in [2.24, 2.45) is 0 Å². The number of halogens is 1. The summed E-state index contributed by atoms with van der Waals surface area (Å²) in [5.74, 6) is -1.07. The van der Waals surface area contributed by atoms with E-state index < -0.39 is 5.97 Å². The molecule has 0 saturated heterocycles. The molecule has 1 N–H and O–H groups in total. The number of nitrogens with zero attached hydrogens (tertiary/aromatic N) is 2. The SMILES string of the molecule is Cc1cc(-c2ccc(Cl)s2)nnc1C(=O)O. The zero-order valence-corrected chi connectivity index (χ0v) is 9.84. The topological polar surface area (TPSA) is 63.1 Å². The molecule has 2 heterocycles. The monoisotopic (exact) mass is 254 g/mol. The van der Waals surface area contributed by atoms with Gasteiger partial charge in [0, 0.05) is 0 Å². The molecule has 16 heavy (non-hydrogen) atoms. The lowest BCUT2D eigenvalue weighted by Crippen LogP contribution is -2.05. The highest BCUT2D eigenvalue weighted by molar-refractivity contribution is 7.19. The van der Waals surface area contributed by atoms with Crippen LogP contribution in [-0.4, -0.2) is 21.3 Å². The maximum absolute atomic E-state index is 10.8. The number of carbonyl (C=O) groups is 1. The molecule has 2 rings (SSSR count). The predicted molar refractivity (Wildman–Crippen MR) is 62.1 cm³/mol. The van der Waals surface area contributed by atoms with Gasteiger partial charge in [0.1, 0.15) is 5.69 Å². The molecular formula is C10H7ClN2O2S. The third kappa shape index (κ3) is 2.05. The van der Waals surface area contributed by atoms with E-state index in [0.717, 1.165) is 4.88 Å². The van der Waals surface area contributed by atoms with Gasteiger partial charge in [0.25, 0.3) is 0 Å². The molecule has 6 heteroatoms. The van der Waals surface area contributed by atoms with Crippen molar-refractivity contribution in [2.75, 3.05) is 0 Å². The van der Waals surface area contributed by atoms with Crippen LogP contribution in [0.25, 0.3) is 10.6 Å². The molecule has 0 aliphatic rings. The number of aromatic nitrogens is 2. The smallest absolute Gasteiger partial charge is 0.356 e. The first-order valence-electron chi connectivity index (χ1n) is 4.41. The summed E-state index contributed by atoms with van der Waals surface area (Å²) in [7, 11) is 0. The maximum Gasteiger partial charge on any atom is 0.356 e. The van der Waals surface area contributed by atoms with Crippen LogP contribution < -0.4 is 0 Å². The normalized spacial score (nSPS) is 10.4. The van der Waals surface area contributed by atoms with E-state index in [-0.39, 0.29) is 5.69 Å². The minimum Gasteiger partial charge on any atom is -0.476 e. The highest BCUT2D eigenvalue weighted by Crippen LogP contribution is 2.29. The van der Waals surface area contributed by atoms with Gasteiger partial charge in [0.15, 0.2) is 5.69 Å². The Labute approximate surface area is 101 Å². The fourth-order valence-corrected chi connectivity index (χ4v) is 2.27. The van der Waals surface area contributed by atoms with Crippen LogP contribution >= 0.6 is 22.9 Å². The molecule has 0 aromatic carbocycles. The quantitative estimate of drug-likeness (QED) is 0.895. The lowest BCUT2D eigenvalue weighted by Gasteiger charge is -2.00. The van der Waals surface area contributed by atoms with Gasteiger partial charge in [-0.3, -0.25) is 0 Å². The van der Waals surface area contributed by atoms with Gasteiger partial charge in [-0.1, -0.05) is 11.6 Å². The van der Waals surface area contributed by atoms with Crippen molar-refractivity contribution in [1.29, 1.82) is 0 Å². The highest BCUT2D eigenvalue weighted by Gasteiger charge is 2.12. The second-order valence-corrected chi connectivity index (χ2v) is 4.89. The summed E-state index contributed by atoms with van der Waals surface area (Å²) >= 11 is 7.19. The van der Waals surface area contributed by atoms with E-state index in [0.29, 0.717) is 15.6 Å². The molecule has 2 aromatic rings. The molecule has 0 bridgehead atoms. The van der Waals surface area contributed by atoms with E-state index in [1.165, 1.54) is 11.3 Å². The van der Waals surface area contributed by atoms with Crippen molar-refractivity contribution in [2.45, 2.75) is 6.92 Å². The van der Waals surface area contributed by atoms with Crippen LogP contribution in [0.5, 0.6) is 0 Å². The number of aryl methyl sites for hydroxylation is 1. The van der Waals surface area contributed by atoms with E-state index in [9.17, 15) is 4.79 Å². The molecule has 0 aliphatic carbocycles. The third-order valence-corrected chi connectivity index (χ3v) is 3.27. The number of carboxylic acid groups (broad SMARTS) is 1. The van der Waals surface area contributed by atoms with Crippen LogP contribution in [0.2, 0.25) is 4.34 Å². The standard InChI is InChI=1S/C10H7ClN2O2S/c1-5-4-6(7-2-3-8(11)16-7)12-13-9(5)10(14)15/h2-4H,1H3,(H,14,15). The summed E-state index contributed by atoms with van der Waals surface area (Å²) in [6, 6.07) is 5.29. The molecule has 0 saturated carbocycles. The zero-order valence-electron chi connectivity index (χ0n) is 8.27. The molecule has 0 radical (unpaired) electrons. The number of aromatic carboxylic acids is 1.